The van der Waals surface area contributed by atoms with Crippen LogP contribution in [-0.4, -0.2) is 71.9 Å². The first-order valence-corrected chi connectivity index (χ1v) is 14.3. The van der Waals surface area contributed by atoms with E-state index in [9.17, 15) is 30.0 Å². The van der Waals surface area contributed by atoms with Crippen molar-refractivity contribution in [2.45, 2.75) is 37.6 Å². The summed E-state index contributed by atoms with van der Waals surface area (Å²) in [5, 5.41) is 0. The summed E-state index contributed by atoms with van der Waals surface area (Å²) >= 11 is 0. The fourth-order valence-corrected chi connectivity index (χ4v) is 8.81. The van der Waals surface area contributed by atoms with Crippen LogP contribution in [0.4, 0.5) is 5.69 Å². The van der Waals surface area contributed by atoms with E-state index in [1.807, 2.05) is 0 Å². The third-order valence-corrected chi connectivity index (χ3v) is 10.5. The van der Waals surface area contributed by atoms with Gasteiger partial charge in [-0.05, 0) is 31.5 Å². The van der Waals surface area contributed by atoms with E-state index in [-0.39, 0.29) is 59.6 Å². The summed E-state index contributed by atoms with van der Waals surface area (Å²) in [4.78, 5) is 11.8. The number of amides is 1. The van der Waals surface area contributed by atoms with E-state index in [0.29, 0.717) is 4.31 Å². The number of hydrogen-bond acceptors (Lipinski definition) is 8. The van der Waals surface area contributed by atoms with Crippen LogP contribution in [0.5, 0.6) is 5.75 Å². The third kappa shape index (κ3) is 4.20. The van der Waals surface area contributed by atoms with Crippen molar-refractivity contribution >= 4 is 41.5 Å². The first-order chi connectivity index (χ1) is 13.9. The molecule has 0 bridgehead atoms. The summed E-state index contributed by atoms with van der Waals surface area (Å²) in [6, 6.07) is 3.01. The summed E-state index contributed by atoms with van der Waals surface area (Å²) in [7, 11) is -11.4. The Morgan fingerprint density at radius 3 is 2.37 bits per heavy atom. The Labute approximate surface area is 176 Å². The van der Waals surface area contributed by atoms with Crippen LogP contribution in [0, 0.1) is 0 Å². The zero-order chi connectivity index (χ0) is 22.3. The molecule has 1 amide bonds. The number of carbonyl (C=O) groups is 1. The zero-order valence-corrected chi connectivity index (χ0v) is 19.1. The van der Waals surface area contributed by atoms with Crippen molar-refractivity contribution in [1.82, 2.24) is 4.31 Å². The topological polar surface area (TPSA) is 135 Å². The Hall–Kier alpha value is -1.70. The molecule has 13 heteroatoms. The number of carbonyl (C=O) groups excluding carboxylic acids is 1. The molecule has 2 fully saturated rings. The van der Waals surface area contributed by atoms with Gasteiger partial charge in [0.1, 0.15) is 10.6 Å². The molecule has 0 radical (unpaired) electrons. The van der Waals surface area contributed by atoms with Gasteiger partial charge in [0.2, 0.25) is 26.0 Å². The second-order valence-corrected chi connectivity index (χ2v) is 13.1. The van der Waals surface area contributed by atoms with Crippen LogP contribution in [-0.2, 0) is 34.7 Å². The van der Waals surface area contributed by atoms with E-state index >= 15 is 0 Å². The third-order valence-electron chi connectivity index (χ3n) is 5.05. The summed E-state index contributed by atoms with van der Waals surface area (Å²) in [5.74, 6) is -1.35. The molecule has 3 rings (SSSR count). The van der Waals surface area contributed by atoms with E-state index in [0.717, 1.165) is 10.4 Å². The number of anilines is 1. The van der Waals surface area contributed by atoms with Crippen molar-refractivity contribution in [3.8, 4) is 5.75 Å². The monoisotopic (exact) mass is 480 g/mol. The Morgan fingerprint density at radius 1 is 1.17 bits per heavy atom. The SMILES string of the molecule is CCOc1ccc(N2C(=O)CCS2(=O)=O)cc1S(=O)(=O)N(CC)C1CCS(=O)(=O)C1. The molecule has 0 aromatic heterocycles. The van der Waals surface area contributed by atoms with Crippen molar-refractivity contribution in [2.75, 3.05) is 34.7 Å². The molecule has 2 aliphatic heterocycles. The lowest BCUT2D eigenvalue weighted by Crippen LogP contribution is -2.41. The van der Waals surface area contributed by atoms with Crippen LogP contribution >= 0.6 is 0 Å². The number of nitrogens with zero attached hydrogens (tertiary/aromatic N) is 2. The second kappa shape index (κ2) is 8.09. The lowest BCUT2D eigenvalue weighted by atomic mass is 10.3. The lowest BCUT2D eigenvalue weighted by molar-refractivity contribution is -0.116. The smallest absolute Gasteiger partial charge is 0.247 e. The standard InChI is InChI=1S/C17H24N2O8S3/c1-3-18(14-7-9-28(21,22)12-14)30(25,26)16-11-13(5-6-15(16)27-4-2)19-17(20)8-10-29(19,23)24/h5-6,11,14H,3-4,7-10,12H2,1-2H3. The second-order valence-electron chi connectivity index (χ2n) is 7.05. The first-order valence-electron chi connectivity index (χ1n) is 9.48. The molecule has 0 aliphatic carbocycles. The largest absolute Gasteiger partial charge is 0.492 e. The van der Waals surface area contributed by atoms with Crippen LogP contribution < -0.4 is 9.04 Å². The van der Waals surface area contributed by atoms with Crippen LogP contribution in [0.2, 0.25) is 0 Å². The fourth-order valence-electron chi connectivity index (χ4n) is 3.72. The Balaban J connectivity index is 2.11. The van der Waals surface area contributed by atoms with Gasteiger partial charge in [0.05, 0.1) is 29.6 Å². The molecule has 2 saturated heterocycles. The molecule has 2 heterocycles. The van der Waals surface area contributed by atoms with Gasteiger partial charge in [-0.3, -0.25) is 4.79 Å². The molecular formula is C17H24N2O8S3. The van der Waals surface area contributed by atoms with Gasteiger partial charge in [-0.15, -0.1) is 0 Å². The number of ether oxygens (including phenoxy) is 1. The minimum absolute atomic E-state index is 0.00426. The number of benzene rings is 1. The molecule has 2 aliphatic rings. The molecule has 1 atom stereocenters. The summed E-state index contributed by atoms with van der Waals surface area (Å²) in [6.07, 6.45) is -0.00327. The Morgan fingerprint density at radius 2 is 1.87 bits per heavy atom. The predicted octanol–water partition coefficient (Wildman–Crippen LogP) is 0.350. The molecule has 0 saturated carbocycles. The maximum atomic E-state index is 13.5. The van der Waals surface area contributed by atoms with Crippen molar-refractivity contribution in [2.24, 2.45) is 0 Å². The van der Waals surface area contributed by atoms with E-state index < -0.39 is 41.8 Å². The molecule has 168 valence electrons. The molecule has 1 aromatic carbocycles. The lowest BCUT2D eigenvalue weighted by Gasteiger charge is -2.27. The highest BCUT2D eigenvalue weighted by Crippen LogP contribution is 2.35. The molecular weight excluding hydrogens is 456 g/mol. The highest BCUT2D eigenvalue weighted by atomic mass is 32.2. The summed E-state index contributed by atoms with van der Waals surface area (Å²) in [5.41, 5.74) is -0.0883. The molecule has 10 nitrogen and oxygen atoms in total. The summed E-state index contributed by atoms with van der Waals surface area (Å²) in [6.45, 7) is 3.45. The number of sulfonamides is 2. The van der Waals surface area contributed by atoms with Crippen molar-refractivity contribution in [3.63, 3.8) is 0 Å². The molecule has 0 spiro atoms. The van der Waals surface area contributed by atoms with Crippen LogP contribution in [0.1, 0.15) is 26.7 Å². The minimum Gasteiger partial charge on any atom is -0.492 e. The van der Waals surface area contributed by atoms with Gasteiger partial charge < -0.3 is 4.74 Å². The quantitative estimate of drug-likeness (QED) is 0.545. The molecule has 30 heavy (non-hydrogen) atoms. The van der Waals surface area contributed by atoms with Crippen LogP contribution in [0.3, 0.4) is 0 Å². The van der Waals surface area contributed by atoms with Crippen molar-refractivity contribution in [3.05, 3.63) is 18.2 Å². The number of hydrogen-bond donors (Lipinski definition) is 0. The van der Waals surface area contributed by atoms with Gasteiger partial charge in [-0.1, -0.05) is 6.92 Å². The maximum Gasteiger partial charge on any atom is 0.247 e. The maximum absolute atomic E-state index is 13.5. The van der Waals surface area contributed by atoms with E-state index in [1.165, 1.54) is 12.1 Å². The Kier molecular flexibility index (Phi) is 6.20. The average Bonchev–Trinajstić information content (AvgIpc) is 3.14. The van der Waals surface area contributed by atoms with E-state index in [4.69, 9.17) is 4.74 Å². The molecule has 0 N–H and O–H groups in total. The van der Waals surface area contributed by atoms with Gasteiger partial charge in [-0.2, -0.15) is 4.31 Å². The Bertz CT molecular complexity index is 1160. The van der Waals surface area contributed by atoms with Gasteiger partial charge in [0, 0.05) is 19.0 Å². The van der Waals surface area contributed by atoms with Gasteiger partial charge in [0.25, 0.3) is 0 Å². The molecule has 1 unspecified atom stereocenters. The summed E-state index contributed by atoms with van der Waals surface area (Å²) < 4.78 is 82.3. The van der Waals surface area contributed by atoms with Crippen molar-refractivity contribution in [1.29, 1.82) is 0 Å². The van der Waals surface area contributed by atoms with Crippen LogP contribution in [0.25, 0.3) is 0 Å². The van der Waals surface area contributed by atoms with Gasteiger partial charge >= 0.3 is 0 Å². The minimum atomic E-state index is -4.23. The fraction of sp³-hybridized carbons (Fsp3) is 0.588. The first kappa shape index (κ1) is 23.0. The number of rotatable bonds is 7. The van der Waals surface area contributed by atoms with Gasteiger partial charge in [-0.25, -0.2) is 29.6 Å². The average molecular weight is 481 g/mol. The van der Waals surface area contributed by atoms with E-state index in [1.54, 1.807) is 13.8 Å². The highest BCUT2D eigenvalue weighted by molar-refractivity contribution is 7.94. The normalized spacial score (nSPS) is 23.2. The molecule has 1 aromatic rings. The van der Waals surface area contributed by atoms with Crippen LogP contribution in [0.15, 0.2) is 23.1 Å². The predicted molar refractivity (Wildman–Crippen MR) is 110 cm³/mol. The zero-order valence-electron chi connectivity index (χ0n) is 16.6. The van der Waals surface area contributed by atoms with Crippen molar-refractivity contribution < 1.29 is 34.8 Å². The number of sulfone groups is 1. The van der Waals surface area contributed by atoms with Gasteiger partial charge in [0.15, 0.2) is 9.84 Å². The highest BCUT2D eigenvalue weighted by Gasteiger charge is 2.41. The van der Waals surface area contributed by atoms with E-state index in [2.05, 4.69) is 0 Å².